The minimum atomic E-state index is -0.934. The van der Waals surface area contributed by atoms with Gasteiger partial charge in [-0.1, -0.05) is 23.2 Å². The number of urea groups is 1. The van der Waals surface area contributed by atoms with Crippen LogP contribution < -0.4 is 15.4 Å². The fourth-order valence-corrected chi connectivity index (χ4v) is 3.69. The molecule has 0 saturated carbocycles. The number of H-pyrrole nitrogens is 1. The second kappa shape index (κ2) is 8.45. The fraction of sp³-hybridized carbons (Fsp3) is 0.0455. The lowest BCUT2D eigenvalue weighted by Crippen LogP contribution is -2.19. The first kappa shape index (κ1) is 21.0. The summed E-state index contributed by atoms with van der Waals surface area (Å²) in [6, 6.07) is 13.2. The van der Waals surface area contributed by atoms with Crippen molar-refractivity contribution in [2.45, 2.75) is 0 Å². The highest BCUT2D eigenvalue weighted by Gasteiger charge is 2.13. The molecule has 0 spiro atoms. The number of nitrogens with one attached hydrogen (secondary N) is 3. The lowest BCUT2D eigenvalue weighted by molar-refractivity contribution is 0.262. The van der Waals surface area contributed by atoms with Crippen molar-refractivity contribution in [1.82, 2.24) is 4.98 Å². The number of aromatic nitrogens is 1. The summed E-state index contributed by atoms with van der Waals surface area (Å²) in [5.74, 6) is -1.43. The van der Waals surface area contributed by atoms with E-state index in [-0.39, 0.29) is 0 Å². The third-order valence-corrected chi connectivity index (χ3v) is 4.98. The highest BCUT2D eigenvalue weighted by molar-refractivity contribution is 6.35. The molecule has 1 heterocycles. The molecule has 0 aliphatic carbocycles. The largest absolute Gasteiger partial charge is 0.495 e. The van der Waals surface area contributed by atoms with Gasteiger partial charge in [-0.25, -0.2) is 13.6 Å². The number of hydrogen-bond acceptors (Lipinski definition) is 2. The lowest BCUT2D eigenvalue weighted by Gasteiger charge is -2.13. The standard InChI is InChI=1S/C22H15Cl2F2N3O2/c1-31-21-3-2-11(18-6-12-4-16(25)17(26)10-19(12)28-18)5-20(21)29-22(30)27-15-8-13(23)7-14(24)9-15/h2-10,28H,1H3,(H2,27,29,30). The number of methoxy groups -OCH3 is 1. The SMILES string of the molecule is COc1ccc(-c2cc3cc(F)c(F)cc3[nH]2)cc1NC(=O)Nc1cc(Cl)cc(Cl)c1. The van der Waals surface area contributed by atoms with Gasteiger partial charge >= 0.3 is 6.03 Å². The summed E-state index contributed by atoms with van der Waals surface area (Å²) < 4.78 is 32.4. The van der Waals surface area contributed by atoms with Crippen molar-refractivity contribution >= 4 is 51.5 Å². The van der Waals surface area contributed by atoms with Crippen molar-refractivity contribution in [1.29, 1.82) is 0 Å². The first-order valence-corrected chi connectivity index (χ1v) is 9.78. The average Bonchev–Trinajstić information content (AvgIpc) is 3.10. The van der Waals surface area contributed by atoms with E-state index in [1.807, 2.05) is 0 Å². The van der Waals surface area contributed by atoms with Gasteiger partial charge in [-0.05, 0) is 48.5 Å². The smallest absolute Gasteiger partial charge is 0.323 e. The van der Waals surface area contributed by atoms with Gasteiger partial charge in [0, 0.05) is 44.0 Å². The van der Waals surface area contributed by atoms with Gasteiger partial charge < -0.3 is 20.4 Å². The van der Waals surface area contributed by atoms with E-state index in [1.54, 1.807) is 42.5 Å². The number of aromatic amines is 1. The molecule has 3 N–H and O–H groups in total. The summed E-state index contributed by atoms with van der Waals surface area (Å²) in [7, 11) is 1.48. The zero-order chi connectivity index (χ0) is 22.1. The van der Waals surface area contributed by atoms with Gasteiger partial charge in [-0.15, -0.1) is 0 Å². The molecule has 9 heteroatoms. The Morgan fingerprint density at radius 1 is 0.935 bits per heavy atom. The number of carbonyl (C=O) groups excluding carboxylic acids is 1. The Labute approximate surface area is 185 Å². The maximum atomic E-state index is 13.5. The van der Waals surface area contributed by atoms with Crippen molar-refractivity contribution < 1.29 is 18.3 Å². The zero-order valence-corrected chi connectivity index (χ0v) is 17.5. The molecule has 0 saturated heterocycles. The van der Waals surface area contributed by atoms with Crippen LogP contribution in [-0.2, 0) is 0 Å². The van der Waals surface area contributed by atoms with E-state index in [0.29, 0.717) is 49.3 Å². The van der Waals surface area contributed by atoms with Gasteiger partial charge in [0.1, 0.15) is 5.75 Å². The first-order chi connectivity index (χ1) is 14.8. The summed E-state index contributed by atoms with van der Waals surface area (Å²) >= 11 is 11.9. The number of benzene rings is 3. The summed E-state index contributed by atoms with van der Waals surface area (Å²) in [5, 5.41) is 6.66. The molecule has 4 rings (SSSR count). The van der Waals surface area contributed by atoms with Crippen LogP contribution >= 0.6 is 23.2 Å². The first-order valence-electron chi connectivity index (χ1n) is 9.02. The Kier molecular flexibility index (Phi) is 5.71. The number of amides is 2. The number of ether oxygens (including phenoxy) is 1. The molecule has 31 heavy (non-hydrogen) atoms. The molecule has 4 aromatic rings. The van der Waals surface area contributed by atoms with Gasteiger partial charge in [-0.3, -0.25) is 0 Å². The van der Waals surface area contributed by atoms with Crippen LogP contribution in [0.1, 0.15) is 0 Å². The van der Waals surface area contributed by atoms with E-state index in [2.05, 4.69) is 15.6 Å². The monoisotopic (exact) mass is 461 g/mol. The number of fused-ring (bicyclic) bond motifs is 1. The van der Waals surface area contributed by atoms with Crippen LogP contribution in [0.4, 0.5) is 25.0 Å². The Bertz CT molecular complexity index is 1250. The Balaban J connectivity index is 1.62. The Morgan fingerprint density at radius 2 is 1.65 bits per heavy atom. The number of rotatable bonds is 4. The lowest BCUT2D eigenvalue weighted by atomic mass is 10.1. The van der Waals surface area contributed by atoms with Gasteiger partial charge in [-0.2, -0.15) is 0 Å². The average molecular weight is 462 g/mol. The van der Waals surface area contributed by atoms with Crippen LogP contribution in [-0.4, -0.2) is 18.1 Å². The van der Waals surface area contributed by atoms with Crippen LogP contribution in [0.3, 0.4) is 0 Å². The summed E-state index contributed by atoms with van der Waals surface area (Å²) in [6.45, 7) is 0. The van der Waals surface area contributed by atoms with Crippen molar-refractivity contribution in [3.63, 3.8) is 0 Å². The van der Waals surface area contributed by atoms with Gasteiger partial charge in [0.2, 0.25) is 0 Å². The molecular formula is C22H15Cl2F2N3O2. The predicted octanol–water partition coefficient (Wildman–Crippen LogP) is 7.07. The molecule has 0 aliphatic heterocycles. The molecule has 0 bridgehead atoms. The Hall–Kier alpha value is -3.29. The molecule has 3 aromatic carbocycles. The van der Waals surface area contributed by atoms with Gasteiger partial charge in [0.25, 0.3) is 0 Å². The number of carbonyl (C=O) groups is 1. The highest BCUT2D eigenvalue weighted by Crippen LogP contribution is 2.32. The van der Waals surface area contributed by atoms with Crippen LogP contribution in [0.25, 0.3) is 22.2 Å². The third kappa shape index (κ3) is 4.57. The van der Waals surface area contributed by atoms with Crippen LogP contribution in [0.15, 0.2) is 54.6 Å². The Morgan fingerprint density at radius 3 is 2.35 bits per heavy atom. The molecule has 0 radical (unpaired) electrons. The minimum absolute atomic E-state index is 0.383. The minimum Gasteiger partial charge on any atom is -0.495 e. The highest BCUT2D eigenvalue weighted by atomic mass is 35.5. The quantitative estimate of drug-likeness (QED) is 0.304. The molecule has 0 aliphatic rings. The van der Waals surface area contributed by atoms with E-state index in [9.17, 15) is 13.6 Å². The molecule has 0 fully saturated rings. The summed E-state index contributed by atoms with van der Waals surface area (Å²) in [6.07, 6.45) is 0. The number of anilines is 2. The maximum absolute atomic E-state index is 13.5. The predicted molar refractivity (Wildman–Crippen MR) is 119 cm³/mol. The van der Waals surface area contributed by atoms with Gasteiger partial charge in [0.05, 0.1) is 12.8 Å². The second-order valence-corrected chi connectivity index (χ2v) is 7.56. The summed E-state index contributed by atoms with van der Waals surface area (Å²) in [5.41, 5.74) is 2.56. The van der Waals surface area contributed by atoms with Crippen molar-refractivity contribution in [2.75, 3.05) is 17.7 Å². The number of hydrogen-bond donors (Lipinski definition) is 3. The molecule has 1 aromatic heterocycles. The number of halogens is 4. The second-order valence-electron chi connectivity index (χ2n) is 6.69. The molecular weight excluding hydrogens is 447 g/mol. The van der Waals surface area contributed by atoms with E-state index >= 15 is 0 Å². The van der Waals surface area contributed by atoms with E-state index < -0.39 is 17.7 Å². The molecule has 0 unspecified atom stereocenters. The summed E-state index contributed by atoms with van der Waals surface area (Å²) in [4.78, 5) is 15.5. The van der Waals surface area contributed by atoms with Crippen LogP contribution in [0.2, 0.25) is 10.0 Å². The molecule has 158 valence electrons. The topological polar surface area (TPSA) is 66.1 Å². The van der Waals surface area contributed by atoms with Crippen molar-refractivity contribution in [3.8, 4) is 17.0 Å². The van der Waals surface area contributed by atoms with Gasteiger partial charge in [0.15, 0.2) is 11.6 Å². The fourth-order valence-electron chi connectivity index (χ4n) is 3.17. The normalized spacial score (nSPS) is 10.9. The third-order valence-electron chi connectivity index (χ3n) is 4.54. The zero-order valence-electron chi connectivity index (χ0n) is 16.0. The maximum Gasteiger partial charge on any atom is 0.323 e. The van der Waals surface area contributed by atoms with E-state index in [1.165, 1.54) is 7.11 Å². The van der Waals surface area contributed by atoms with E-state index in [0.717, 1.165) is 12.1 Å². The van der Waals surface area contributed by atoms with E-state index in [4.69, 9.17) is 27.9 Å². The molecule has 0 atom stereocenters. The van der Waals surface area contributed by atoms with Crippen LogP contribution in [0.5, 0.6) is 5.75 Å². The molecule has 2 amide bonds. The van der Waals surface area contributed by atoms with Crippen molar-refractivity contribution in [2.24, 2.45) is 0 Å². The van der Waals surface area contributed by atoms with Crippen molar-refractivity contribution in [3.05, 3.63) is 76.3 Å². The van der Waals surface area contributed by atoms with Crippen LogP contribution in [0, 0.1) is 11.6 Å². The molecule has 5 nitrogen and oxygen atoms in total.